The van der Waals surface area contributed by atoms with Gasteiger partial charge in [-0.25, -0.2) is 0 Å². The lowest BCUT2D eigenvalue weighted by Gasteiger charge is -2.20. The van der Waals surface area contributed by atoms with Gasteiger partial charge >= 0.3 is 0 Å². The molecule has 0 N–H and O–H groups in total. The number of amides is 1. The Balaban J connectivity index is 1.56. The molecule has 0 radical (unpaired) electrons. The quantitative estimate of drug-likeness (QED) is 0.711. The van der Waals surface area contributed by atoms with Gasteiger partial charge in [0.2, 0.25) is 24.2 Å². The number of fused-ring (bicyclic) bond motifs is 3. The standard InChI is InChI=1S/C24H24N2O5/c1-14(27)26-9-7-16-10-17(4-5-19(16)26)22(28)20-12-18-15(6-8-25(20)2)11-21-24(23(18)29-3)31-13-30-21/h4-5,10-12H,6-9,13H2,1-3H3. The number of likely N-dealkylation sites (N-methyl/N-ethyl adjacent to an activating group) is 1. The van der Waals surface area contributed by atoms with Gasteiger partial charge in [0.1, 0.15) is 0 Å². The second-order valence-corrected chi connectivity index (χ2v) is 8.01. The molecule has 0 saturated heterocycles. The van der Waals surface area contributed by atoms with E-state index in [0.717, 1.165) is 35.2 Å². The van der Waals surface area contributed by atoms with Crippen molar-refractivity contribution < 1.29 is 23.8 Å². The molecule has 0 spiro atoms. The molecule has 2 aromatic carbocycles. The third-order valence-electron chi connectivity index (χ3n) is 6.21. The Morgan fingerprint density at radius 1 is 1.06 bits per heavy atom. The number of carbonyl (C=O) groups excluding carboxylic acids is 2. The molecule has 2 aromatic rings. The van der Waals surface area contributed by atoms with Crippen LogP contribution in [0.4, 0.5) is 5.69 Å². The van der Waals surface area contributed by atoms with Gasteiger partial charge in [0, 0.05) is 43.9 Å². The summed E-state index contributed by atoms with van der Waals surface area (Å²) in [5, 5.41) is 0. The first-order valence-electron chi connectivity index (χ1n) is 10.4. The number of ether oxygens (including phenoxy) is 3. The van der Waals surface area contributed by atoms with Crippen molar-refractivity contribution in [2.24, 2.45) is 0 Å². The van der Waals surface area contributed by atoms with Crippen LogP contribution in [0.5, 0.6) is 17.2 Å². The Morgan fingerprint density at radius 3 is 2.65 bits per heavy atom. The van der Waals surface area contributed by atoms with Crippen molar-refractivity contribution >= 4 is 23.5 Å². The molecule has 3 aliphatic heterocycles. The van der Waals surface area contributed by atoms with Crippen molar-refractivity contribution in [3.63, 3.8) is 0 Å². The van der Waals surface area contributed by atoms with E-state index in [-0.39, 0.29) is 18.5 Å². The van der Waals surface area contributed by atoms with Crippen molar-refractivity contribution in [1.29, 1.82) is 0 Å². The number of allylic oxidation sites excluding steroid dienone is 1. The first-order chi connectivity index (χ1) is 15.0. The Hall–Kier alpha value is -3.48. The molecule has 0 aliphatic carbocycles. The topological polar surface area (TPSA) is 68.3 Å². The number of rotatable bonds is 3. The second kappa shape index (κ2) is 7.34. The van der Waals surface area contributed by atoms with Crippen molar-refractivity contribution in [3.05, 3.63) is 52.2 Å². The smallest absolute Gasteiger partial charge is 0.231 e. The van der Waals surface area contributed by atoms with E-state index in [2.05, 4.69) is 0 Å². The van der Waals surface area contributed by atoms with Gasteiger partial charge in [-0.05, 0) is 54.3 Å². The lowest BCUT2D eigenvalue weighted by molar-refractivity contribution is -0.116. The van der Waals surface area contributed by atoms with Crippen LogP contribution >= 0.6 is 0 Å². The summed E-state index contributed by atoms with van der Waals surface area (Å²) < 4.78 is 16.8. The number of anilines is 1. The molecule has 3 heterocycles. The maximum atomic E-state index is 13.5. The second-order valence-electron chi connectivity index (χ2n) is 8.01. The highest BCUT2D eigenvalue weighted by Gasteiger charge is 2.29. The summed E-state index contributed by atoms with van der Waals surface area (Å²) in [6.07, 6.45) is 3.40. The average molecular weight is 420 g/mol. The van der Waals surface area contributed by atoms with Crippen molar-refractivity contribution in [2.45, 2.75) is 19.8 Å². The summed E-state index contributed by atoms with van der Waals surface area (Å²) in [4.78, 5) is 29.1. The number of carbonyl (C=O) groups is 2. The molecular weight excluding hydrogens is 396 g/mol. The maximum absolute atomic E-state index is 13.5. The zero-order valence-electron chi connectivity index (χ0n) is 17.9. The monoisotopic (exact) mass is 420 g/mol. The van der Waals surface area contributed by atoms with Crippen molar-refractivity contribution in [2.75, 3.05) is 38.9 Å². The zero-order valence-corrected chi connectivity index (χ0v) is 17.9. The summed E-state index contributed by atoms with van der Waals surface area (Å²) in [7, 11) is 3.52. The highest BCUT2D eigenvalue weighted by Crippen LogP contribution is 2.46. The molecule has 31 heavy (non-hydrogen) atoms. The minimum Gasteiger partial charge on any atom is -0.492 e. The van der Waals surface area contributed by atoms with Crippen LogP contribution in [-0.4, -0.2) is 50.6 Å². The molecule has 5 rings (SSSR count). The van der Waals surface area contributed by atoms with Gasteiger partial charge in [-0.1, -0.05) is 0 Å². The molecular formula is C24H24N2O5. The predicted molar refractivity (Wildman–Crippen MR) is 116 cm³/mol. The van der Waals surface area contributed by atoms with Gasteiger partial charge in [0.15, 0.2) is 11.5 Å². The lowest BCUT2D eigenvalue weighted by atomic mass is 9.99. The molecule has 7 heteroatoms. The summed E-state index contributed by atoms with van der Waals surface area (Å²) in [5.74, 6) is 1.81. The highest BCUT2D eigenvalue weighted by molar-refractivity contribution is 6.12. The summed E-state index contributed by atoms with van der Waals surface area (Å²) in [6.45, 7) is 3.07. The molecule has 3 aliphatic rings. The fourth-order valence-electron chi connectivity index (χ4n) is 4.56. The first-order valence-corrected chi connectivity index (χ1v) is 10.4. The minimum atomic E-state index is -0.0563. The van der Waals surface area contributed by atoms with E-state index < -0.39 is 0 Å². The Morgan fingerprint density at radius 2 is 1.87 bits per heavy atom. The molecule has 0 fully saturated rings. The Labute approximate surface area is 180 Å². The summed E-state index contributed by atoms with van der Waals surface area (Å²) >= 11 is 0. The van der Waals surface area contributed by atoms with Crippen LogP contribution in [0.15, 0.2) is 30.0 Å². The van der Waals surface area contributed by atoms with Crippen LogP contribution in [-0.2, 0) is 17.6 Å². The Bertz CT molecular complexity index is 1140. The van der Waals surface area contributed by atoms with Crippen LogP contribution in [0.25, 0.3) is 6.08 Å². The van der Waals surface area contributed by atoms with E-state index >= 15 is 0 Å². The molecule has 0 saturated carbocycles. The summed E-state index contributed by atoms with van der Waals surface area (Å²) in [6, 6.07) is 7.57. The maximum Gasteiger partial charge on any atom is 0.231 e. The van der Waals surface area contributed by atoms with Crippen LogP contribution in [0, 0.1) is 0 Å². The molecule has 7 nitrogen and oxygen atoms in total. The molecule has 160 valence electrons. The number of ketones is 1. The SMILES string of the molecule is COc1c2c(cc3c1OCO3)CCN(C)C(C(=O)c1ccc3c(c1)CCN3C(C)=O)=C2. The van der Waals surface area contributed by atoms with Crippen LogP contribution in [0.3, 0.4) is 0 Å². The van der Waals surface area contributed by atoms with Gasteiger partial charge in [0.25, 0.3) is 0 Å². The van der Waals surface area contributed by atoms with Gasteiger partial charge in [-0.15, -0.1) is 0 Å². The van der Waals surface area contributed by atoms with Gasteiger partial charge in [0.05, 0.1) is 12.8 Å². The van der Waals surface area contributed by atoms with E-state index in [0.29, 0.717) is 41.6 Å². The Kier molecular flexibility index (Phi) is 4.61. The summed E-state index contributed by atoms with van der Waals surface area (Å²) in [5.41, 5.74) is 5.04. The zero-order chi connectivity index (χ0) is 21.7. The number of Topliss-reactive ketones (excluding diaryl/α,β-unsaturated/α-hetero) is 1. The number of benzene rings is 2. The van der Waals surface area contributed by atoms with E-state index in [1.54, 1.807) is 25.0 Å². The lowest BCUT2D eigenvalue weighted by Crippen LogP contribution is -2.26. The van der Waals surface area contributed by atoms with E-state index in [1.165, 1.54) is 0 Å². The van der Waals surface area contributed by atoms with Crippen molar-refractivity contribution in [3.8, 4) is 17.2 Å². The number of hydrogen-bond donors (Lipinski definition) is 0. The van der Waals surface area contributed by atoms with Crippen LogP contribution < -0.4 is 19.1 Å². The number of methoxy groups -OCH3 is 1. The predicted octanol–water partition coefficient (Wildman–Crippen LogP) is 3.04. The van der Waals surface area contributed by atoms with Crippen LogP contribution in [0.1, 0.15) is 34.0 Å². The highest BCUT2D eigenvalue weighted by atomic mass is 16.7. The number of hydrogen-bond acceptors (Lipinski definition) is 6. The molecule has 0 atom stereocenters. The first kappa shape index (κ1) is 19.5. The fraction of sp³-hybridized carbons (Fsp3) is 0.333. The van der Waals surface area contributed by atoms with E-state index in [1.807, 2.05) is 36.2 Å². The van der Waals surface area contributed by atoms with Gasteiger partial charge in [-0.3, -0.25) is 9.59 Å². The van der Waals surface area contributed by atoms with Gasteiger partial charge in [-0.2, -0.15) is 0 Å². The average Bonchev–Trinajstić information content (AvgIpc) is 3.37. The minimum absolute atomic E-state index is 0.0199. The third kappa shape index (κ3) is 3.12. The fourth-order valence-corrected chi connectivity index (χ4v) is 4.56. The molecule has 0 aromatic heterocycles. The molecule has 0 unspecified atom stereocenters. The van der Waals surface area contributed by atoms with E-state index in [4.69, 9.17) is 14.2 Å². The van der Waals surface area contributed by atoms with E-state index in [9.17, 15) is 9.59 Å². The van der Waals surface area contributed by atoms with Gasteiger partial charge < -0.3 is 24.0 Å². The number of nitrogens with zero attached hydrogens (tertiary/aromatic N) is 2. The van der Waals surface area contributed by atoms with Crippen LogP contribution in [0.2, 0.25) is 0 Å². The largest absolute Gasteiger partial charge is 0.492 e. The third-order valence-corrected chi connectivity index (χ3v) is 6.21. The van der Waals surface area contributed by atoms with Crippen molar-refractivity contribution in [1.82, 2.24) is 4.90 Å². The normalized spacial score (nSPS) is 16.4. The molecule has 0 bridgehead atoms. The molecule has 1 amide bonds.